The van der Waals surface area contributed by atoms with E-state index in [-0.39, 0.29) is 22.6 Å². The summed E-state index contributed by atoms with van der Waals surface area (Å²) in [6.45, 7) is 4.45. The van der Waals surface area contributed by atoms with Crippen LogP contribution in [-0.4, -0.2) is 38.2 Å². The van der Waals surface area contributed by atoms with Crippen molar-refractivity contribution in [1.29, 1.82) is 0 Å². The number of primary sulfonamides is 1. The fourth-order valence-corrected chi connectivity index (χ4v) is 2.87. The molecule has 1 aliphatic rings. The standard InChI is InChI=1S/C14H19N3O4S/c1-9-5-13(22(15,20)21)4-3-11(9)6-16-14(19)12-7-17(8-12)10(2)18/h3-5,12H,6-8H2,1-2H3,(H,16,19)(H2,15,20,21). The highest BCUT2D eigenvalue weighted by Gasteiger charge is 2.33. The molecule has 0 unspecified atom stereocenters. The molecular weight excluding hydrogens is 306 g/mol. The minimum absolute atomic E-state index is 0.0292. The number of hydrogen-bond donors (Lipinski definition) is 2. The van der Waals surface area contributed by atoms with Gasteiger partial charge in [-0.25, -0.2) is 13.6 Å². The molecule has 2 amide bonds. The van der Waals surface area contributed by atoms with Gasteiger partial charge in [-0.2, -0.15) is 0 Å². The van der Waals surface area contributed by atoms with Gasteiger partial charge < -0.3 is 10.2 Å². The van der Waals surface area contributed by atoms with E-state index in [1.807, 2.05) is 0 Å². The molecule has 0 aliphatic carbocycles. The van der Waals surface area contributed by atoms with Crippen LogP contribution in [-0.2, 0) is 26.2 Å². The van der Waals surface area contributed by atoms with E-state index in [9.17, 15) is 18.0 Å². The second kappa shape index (κ2) is 6.05. The van der Waals surface area contributed by atoms with Crippen molar-refractivity contribution in [1.82, 2.24) is 10.2 Å². The Bertz CT molecular complexity index is 709. The second-order valence-electron chi connectivity index (χ2n) is 5.47. The van der Waals surface area contributed by atoms with Crippen molar-refractivity contribution in [3.8, 4) is 0 Å². The van der Waals surface area contributed by atoms with E-state index >= 15 is 0 Å². The normalized spacial score (nSPS) is 15.3. The van der Waals surface area contributed by atoms with Crippen molar-refractivity contribution in [3.63, 3.8) is 0 Å². The molecule has 1 aliphatic heterocycles. The molecule has 8 heteroatoms. The molecule has 7 nitrogen and oxygen atoms in total. The van der Waals surface area contributed by atoms with Crippen molar-refractivity contribution >= 4 is 21.8 Å². The first-order valence-corrected chi connectivity index (χ1v) is 8.38. The lowest BCUT2D eigenvalue weighted by molar-refractivity contribution is -0.141. The predicted octanol–water partition coefficient (Wildman–Crippen LogP) is -0.263. The third-order valence-electron chi connectivity index (χ3n) is 3.79. The number of carbonyl (C=O) groups is 2. The van der Waals surface area contributed by atoms with Crippen LogP contribution in [0.2, 0.25) is 0 Å². The van der Waals surface area contributed by atoms with E-state index in [0.717, 1.165) is 11.1 Å². The summed E-state index contributed by atoms with van der Waals surface area (Å²) in [4.78, 5) is 24.7. The molecule has 1 saturated heterocycles. The highest BCUT2D eigenvalue weighted by Crippen LogP contribution is 2.17. The number of nitrogens with one attached hydrogen (secondary N) is 1. The number of benzene rings is 1. The van der Waals surface area contributed by atoms with Gasteiger partial charge in [0.2, 0.25) is 21.8 Å². The molecule has 0 saturated carbocycles. The number of likely N-dealkylation sites (tertiary alicyclic amines) is 1. The average Bonchev–Trinajstić information content (AvgIpc) is 2.33. The van der Waals surface area contributed by atoms with E-state index in [1.54, 1.807) is 17.9 Å². The number of nitrogens with two attached hydrogens (primary N) is 1. The van der Waals surface area contributed by atoms with Crippen LogP contribution in [0.1, 0.15) is 18.1 Å². The van der Waals surface area contributed by atoms with Crippen molar-refractivity contribution in [3.05, 3.63) is 29.3 Å². The fourth-order valence-electron chi connectivity index (χ4n) is 2.27. The predicted molar refractivity (Wildman–Crippen MR) is 80.1 cm³/mol. The molecule has 0 spiro atoms. The van der Waals surface area contributed by atoms with Gasteiger partial charge >= 0.3 is 0 Å². The van der Waals surface area contributed by atoms with Crippen LogP contribution in [0, 0.1) is 12.8 Å². The van der Waals surface area contributed by atoms with E-state index in [1.165, 1.54) is 19.1 Å². The molecule has 1 aromatic carbocycles. The third-order valence-corrected chi connectivity index (χ3v) is 4.70. The Hall–Kier alpha value is -1.93. The van der Waals surface area contributed by atoms with Gasteiger partial charge in [-0.3, -0.25) is 9.59 Å². The van der Waals surface area contributed by atoms with Crippen LogP contribution in [0.5, 0.6) is 0 Å². The summed E-state index contributed by atoms with van der Waals surface area (Å²) in [5.41, 5.74) is 1.56. The zero-order chi connectivity index (χ0) is 16.5. The van der Waals surface area contributed by atoms with Crippen LogP contribution in [0.3, 0.4) is 0 Å². The lowest BCUT2D eigenvalue weighted by atomic mass is 9.99. The SMILES string of the molecule is CC(=O)N1CC(C(=O)NCc2ccc(S(N)(=O)=O)cc2C)C1. The van der Waals surface area contributed by atoms with Gasteiger partial charge in [-0.05, 0) is 30.2 Å². The number of sulfonamides is 1. The van der Waals surface area contributed by atoms with Gasteiger partial charge in [-0.1, -0.05) is 6.07 Å². The molecule has 2 rings (SSSR count). The zero-order valence-corrected chi connectivity index (χ0v) is 13.3. The number of aryl methyl sites for hydroxylation is 1. The molecule has 22 heavy (non-hydrogen) atoms. The fraction of sp³-hybridized carbons (Fsp3) is 0.429. The van der Waals surface area contributed by atoms with E-state index in [0.29, 0.717) is 19.6 Å². The Morgan fingerprint density at radius 3 is 2.50 bits per heavy atom. The quantitative estimate of drug-likeness (QED) is 0.794. The van der Waals surface area contributed by atoms with Gasteiger partial charge in [0, 0.05) is 26.6 Å². The summed E-state index contributed by atoms with van der Waals surface area (Å²) in [5.74, 6) is -0.307. The van der Waals surface area contributed by atoms with Gasteiger partial charge in [0.15, 0.2) is 0 Å². The van der Waals surface area contributed by atoms with Crippen LogP contribution in [0.15, 0.2) is 23.1 Å². The van der Waals surface area contributed by atoms with Crippen molar-refractivity contribution in [2.24, 2.45) is 11.1 Å². The highest BCUT2D eigenvalue weighted by molar-refractivity contribution is 7.89. The lowest BCUT2D eigenvalue weighted by Crippen LogP contribution is -2.55. The maximum atomic E-state index is 11.9. The third kappa shape index (κ3) is 3.63. The van der Waals surface area contributed by atoms with Crippen LogP contribution >= 0.6 is 0 Å². The van der Waals surface area contributed by atoms with Gasteiger partial charge in [0.25, 0.3) is 0 Å². The Balaban J connectivity index is 1.93. The molecule has 0 atom stereocenters. The monoisotopic (exact) mass is 325 g/mol. The Labute approximate surface area is 129 Å². The van der Waals surface area contributed by atoms with E-state index in [4.69, 9.17) is 5.14 Å². The summed E-state index contributed by atoms with van der Waals surface area (Å²) in [6, 6.07) is 4.54. The van der Waals surface area contributed by atoms with Crippen molar-refractivity contribution in [2.75, 3.05) is 13.1 Å². The lowest BCUT2D eigenvalue weighted by Gasteiger charge is -2.37. The Morgan fingerprint density at radius 1 is 1.36 bits per heavy atom. The summed E-state index contributed by atoms with van der Waals surface area (Å²) in [6.07, 6.45) is 0. The first-order valence-electron chi connectivity index (χ1n) is 6.84. The van der Waals surface area contributed by atoms with Crippen molar-refractivity contribution in [2.45, 2.75) is 25.3 Å². The van der Waals surface area contributed by atoms with E-state index < -0.39 is 10.0 Å². The summed E-state index contributed by atoms with van der Waals surface area (Å²) >= 11 is 0. The minimum Gasteiger partial charge on any atom is -0.352 e. The van der Waals surface area contributed by atoms with Crippen LogP contribution in [0.4, 0.5) is 0 Å². The van der Waals surface area contributed by atoms with Crippen LogP contribution in [0.25, 0.3) is 0 Å². The van der Waals surface area contributed by atoms with Crippen molar-refractivity contribution < 1.29 is 18.0 Å². The Kier molecular flexibility index (Phi) is 4.52. The zero-order valence-electron chi connectivity index (χ0n) is 12.5. The first-order chi connectivity index (χ1) is 10.2. The topological polar surface area (TPSA) is 110 Å². The molecule has 1 fully saturated rings. The highest BCUT2D eigenvalue weighted by atomic mass is 32.2. The van der Waals surface area contributed by atoms with E-state index in [2.05, 4.69) is 5.32 Å². The molecule has 0 bridgehead atoms. The maximum absolute atomic E-state index is 11.9. The number of rotatable bonds is 4. The average molecular weight is 325 g/mol. The van der Waals surface area contributed by atoms with Gasteiger partial charge in [0.05, 0.1) is 10.8 Å². The molecule has 3 N–H and O–H groups in total. The van der Waals surface area contributed by atoms with Gasteiger partial charge in [0.1, 0.15) is 0 Å². The minimum atomic E-state index is -3.72. The largest absolute Gasteiger partial charge is 0.352 e. The number of amides is 2. The summed E-state index contributed by atoms with van der Waals surface area (Å²) < 4.78 is 22.5. The molecule has 1 heterocycles. The number of nitrogens with zero attached hydrogens (tertiary/aromatic N) is 1. The summed E-state index contributed by atoms with van der Waals surface area (Å²) in [7, 11) is -3.72. The molecular formula is C14H19N3O4S. The molecule has 120 valence electrons. The maximum Gasteiger partial charge on any atom is 0.238 e. The first kappa shape index (κ1) is 16.4. The molecule has 0 radical (unpaired) electrons. The summed E-state index contributed by atoms with van der Waals surface area (Å²) in [5, 5.41) is 7.87. The number of carbonyl (C=O) groups excluding carboxylic acids is 2. The molecule has 0 aromatic heterocycles. The Morgan fingerprint density at radius 2 is 2.00 bits per heavy atom. The molecule has 1 aromatic rings. The van der Waals surface area contributed by atoms with Gasteiger partial charge in [-0.15, -0.1) is 0 Å². The second-order valence-corrected chi connectivity index (χ2v) is 7.03. The van der Waals surface area contributed by atoms with Crippen LogP contribution < -0.4 is 10.5 Å². The smallest absolute Gasteiger partial charge is 0.238 e. The number of hydrogen-bond acceptors (Lipinski definition) is 4.